The second kappa shape index (κ2) is 11.0. The Kier molecular flexibility index (Phi) is 9.06. The number of amides is 1. The summed E-state index contributed by atoms with van der Waals surface area (Å²) in [7, 11) is 1.68. The molecule has 2 fully saturated rings. The fourth-order valence-electron chi connectivity index (χ4n) is 4.52. The number of hydrogen-bond donors (Lipinski definition) is 1. The molecule has 0 radical (unpaired) electrons. The summed E-state index contributed by atoms with van der Waals surface area (Å²) in [6.07, 6.45) is 8.55. The molecule has 3 rings (SSSR count). The van der Waals surface area contributed by atoms with Crippen molar-refractivity contribution in [1.29, 1.82) is 0 Å². The number of halogens is 1. The van der Waals surface area contributed by atoms with Crippen LogP contribution in [0.3, 0.4) is 0 Å². The largest absolute Gasteiger partial charge is 0.496 e. The fourth-order valence-corrected chi connectivity index (χ4v) is 4.52. The van der Waals surface area contributed by atoms with Crippen molar-refractivity contribution in [3.05, 3.63) is 29.8 Å². The van der Waals surface area contributed by atoms with Gasteiger partial charge in [0.25, 0.3) is 0 Å². The molecular formula is C22H35ClN2O3. The van der Waals surface area contributed by atoms with Gasteiger partial charge in [-0.15, -0.1) is 12.4 Å². The molecule has 1 aromatic carbocycles. The second-order valence-corrected chi connectivity index (χ2v) is 8.16. The van der Waals surface area contributed by atoms with E-state index in [9.17, 15) is 4.79 Å². The SMILES string of the molecule is COc1ccccc1CN(CC1CCCO1)C(=O)CC1(CN)CCCCC1.Cl. The Morgan fingerprint density at radius 2 is 2.00 bits per heavy atom. The molecule has 1 amide bonds. The smallest absolute Gasteiger partial charge is 0.223 e. The van der Waals surface area contributed by atoms with E-state index in [1.807, 2.05) is 29.2 Å². The van der Waals surface area contributed by atoms with Crippen molar-refractivity contribution >= 4 is 18.3 Å². The van der Waals surface area contributed by atoms with Gasteiger partial charge in [0.05, 0.1) is 13.2 Å². The van der Waals surface area contributed by atoms with Crippen molar-refractivity contribution in [3.63, 3.8) is 0 Å². The minimum absolute atomic E-state index is 0. The van der Waals surface area contributed by atoms with E-state index >= 15 is 0 Å². The number of ether oxygens (including phenoxy) is 2. The first kappa shape index (κ1) is 23.0. The summed E-state index contributed by atoms with van der Waals surface area (Å²) in [4.78, 5) is 15.3. The number of carbonyl (C=O) groups is 1. The van der Waals surface area contributed by atoms with Crippen LogP contribution in [0.2, 0.25) is 0 Å². The van der Waals surface area contributed by atoms with Gasteiger partial charge in [-0.1, -0.05) is 37.5 Å². The van der Waals surface area contributed by atoms with Crippen LogP contribution in [-0.4, -0.2) is 43.7 Å². The number of carbonyl (C=O) groups excluding carboxylic acids is 1. The minimum Gasteiger partial charge on any atom is -0.496 e. The van der Waals surface area contributed by atoms with E-state index in [0.29, 0.717) is 26.1 Å². The number of hydrogen-bond acceptors (Lipinski definition) is 4. The molecule has 2 aliphatic rings. The maximum atomic E-state index is 13.3. The Morgan fingerprint density at radius 3 is 2.64 bits per heavy atom. The van der Waals surface area contributed by atoms with Crippen LogP contribution in [0, 0.1) is 5.41 Å². The molecule has 1 atom stereocenters. The van der Waals surface area contributed by atoms with Gasteiger partial charge in [0.1, 0.15) is 5.75 Å². The van der Waals surface area contributed by atoms with Gasteiger partial charge in [-0.05, 0) is 43.7 Å². The normalized spacial score (nSPS) is 21.0. The number of rotatable bonds is 8. The number of nitrogens with two attached hydrogens (primary N) is 1. The van der Waals surface area contributed by atoms with E-state index in [-0.39, 0.29) is 29.8 Å². The summed E-state index contributed by atoms with van der Waals surface area (Å²) in [5.41, 5.74) is 7.15. The Hall–Kier alpha value is -1.30. The lowest BCUT2D eigenvalue weighted by Gasteiger charge is -2.37. The van der Waals surface area contributed by atoms with Crippen molar-refractivity contribution in [2.45, 2.75) is 64.0 Å². The number of benzene rings is 1. The highest BCUT2D eigenvalue weighted by molar-refractivity contribution is 5.85. The van der Waals surface area contributed by atoms with Gasteiger partial charge < -0.3 is 20.1 Å². The summed E-state index contributed by atoms with van der Waals surface area (Å²) in [5, 5.41) is 0. The summed E-state index contributed by atoms with van der Waals surface area (Å²) >= 11 is 0. The van der Waals surface area contributed by atoms with E-state index in [1.54, 1.807) is 7.11 Å². The van der Waals surface area contributed by atoms with Gasteiger partial charge in [-0.3, -0.25) is 4.79 Å². The fraction of sp³-hybridized carbons (Fsp3) is 0.682. The van der Waals surface area contributed by atoms with Gasteiger partial charge in [0.15, 0.2) is 0 Å². The number of nitrogens with zero attached hydrogens (tertiary/aromatic N) is 1. The van der Waals surface area contributed by atoms with Crippen LogP contribution in [0.15, 0.2) is 24.3 Å². The average Bonchev–Trinajstić information content (AvgIpc) is 3.21. The van der Waals surface area contributed by atoms with Crippen molar-refractivity contribution in [3.8, 4) is 5.75 Å². The first-order valence-corrected chi connectivity index (χ1v) is 10.4. The predicted octanol–water partition coefficient (Wildman–Crippen LogP) is 3.92. The molecule has 2 N–H and O–H groups in total. The molecule has 0 spiro atoms. The summed E-state index contributed by atoms with van der Waals surface area (Å²) < 4.78 is 11.3. The van der Waals surface area contributed by atoms with Gasteiger partial charge >= 0.3 is 0 Å². The van der Waals surface area contributed by atoms with Crippen LogP contribution in [0.25, 0.3) is 0 Å². The summed E-state index contributed by atoms with van der Waals surface area (Å²) in [6, 6.07) is 7.94. The van der Waals surface area contributed by atoms with E-state index in [4.69, 9.17) is 15.2 Å². The van der Waals surface area contributed by atoms with Crippen molar-refractivity contribution in [2.24, 2.45) is 11.1 Å². The lowest BCUT2D eigenvalue weighted by Crippen LogP contribution is -2.42. The van der Waals surface area contributed by atoms with Crippen LogP contribution in [0.5, 0.6) is 5.75 Å². The summed E-state index contributed by atoms with van der Waals surface area (Å²) in [6.45, 7) is 2.61. The molecule has 158 valence electrons. The molecule has 6 heteroatoms. The van der Waals surface area contributed by atoms with Crippen LogP contribution in [0.4, 0.5) is 0 Å². The predicted molar refractivity (Wildman–Crippen MR) is 114 cm³/mol. The van der Waals surface area contributed by atoms with Crippen molar-refractivity contribution < 1.29 is 14.3 Å². The Bertz CT molecular complexity index is 614. The molecule has 1 aromatic rings. The Labute approximate surface area is 175 Å². The first-order valence-electron chi connectivity index (χ1n) is 10.4. The van der Waals surface area contributed by atoms with E-state index in [1.165, 1.54) is 19.3 Å². The zero-order valence-corrected chi connectivity index (χ0v) is 17.8. The molecular weight excluding hydrogens is 376 g/mol. The highest BCUT2D eigenvalue weighted by atomic mass is 35.5. The van der Waals surface area contributed by atoms with Gasteiger partial charge in [-0.2, -0.15) is 0 Å². The standard InChI is InChI=1S/C22H34N2O3.ClH/c1-26-20-10-4-3-8-18(20)15-24(16-19-9-7-13-27-19)21(25)14-22(17-23)11-5-2-6-12-22;/h3-4,8,10,19H,2,5-7,9,11-17,23H2,1H3;1H. The molecule has 1 aliphatic heterocycles. The molecule has 28 heavy (non-hydrogen) atoms. The molecule has 0 bridgehead atoms. The Morgan fingerprint density at radius 1 is 1.25 bits per heavy atom. The zero-order chi connectivity index (χ0) is 19.1. The summed E-state index contributed by atoms with van der Waals surface area (Å²) in [5.74, 6) is 1.03. The Balaban J connectivity index is 0.00000280. The van der Waals surface area contributed by atoms with E-state index < -0.39 is 0 Å². The van der Waals surface area contributed by atoms with Gasteiger partial charge in [-0.25, -0.2) is 0 Å². The lowest BCUT2D eigenvalue weighted by atomic mass is 9.71. The van der Waals surface area contributed by atoms with Gasteiger partial charge in [0.2, 0.25) is 5.91 Å². The number of methoxy groups -OCH3 is 1. The highest BCUT2D eigenvalue weighted by Crippen LogP contribution is 2.39. The van der Waals surface area contributed by atoms with Crippen molar-refractivity contribution in [1.82, 2.24) is 4.90 Å². The van der Waals surface area contributed by atoms with Crippen LogP contribution in [-0.2, 0) is 16.1 Å². The second-order valence-electron chi connectivity index (χ2n) is 8.16. The molecule has 1 unspecified atom stereocenters. The maximum absolute atomic E-state index is 13.3. The third-order valence-electron chi connectivity index (χ3n) is 6.23. The third kappa shape index (κ3) is 5.85. The maximum Gasteiger partial charge on any atom is 0.223 e. The third-order valence-corrected chi connectivity index (χ3v) is 6.23. The average molecular weight is 411 g/mol. The molecule has 5 nitrogen and oxygen atoms in total. The lowest BCUT2D eigenvalue weighted by molar-refractivity contribution is -0.136. The monoisotopic (exact) mass is 410 g/mol. The molecule has 1 saturated carbocycles. The quantitative estimate of drug-likeness (QED) is 0.705. The van der Waals surface area contributed by atoms with Crippen LogP contribution < -0.4 is 10.5 Å². The van der Waals surface area contributed by atoms with Crippen LogP contribution >= 0.6 is 12.4 Å². The van der Waals surface area contributed by atoms with Crippen molar-refractivity contribution in [2.75, 3.05) is 26.8 Å². The topological polar surface area (TPSA) is 64.8 Å². The first-order chi connectivity index (χ1) is 13.2. The minimum atomic E-state index is -0.0229. The molecule has 1 saturated heterocycles. The van der Waals surface area contributed by atoms with E-state index in [2.05, 4.69) is 0 Å². The van der Waals surface area contributed by atoms with Gasteiger partial charge in [0, 0.05) is 31.7 Å². The number of para-hydroxylation sites is 1. The molecule has 1 aliphatic carbocycles. The zero-order valence-electron chi connectivity index (χ0n) is 17.0. The van der Waals surface area contributed by atoms with E-state index in [0.717, 1.165) is 43.6 Å². The molecule has 0 aromatic heterocycles. The van der Waals surface area contributed by atoms with Crippen LogP contribution in [0.1, 0.15) is 56.9 Å². The highest BCUT2D eigenvalue weighted by Gasteiger charge is 2.35. The molecule has 1 heterocycles.